The number of nitrogens with zero attached hydrogens (tertiary/aromatic N) is 2. The van der Waals surface area contributed by atoms with Crippen LogP contribution in [0.4, 0.5) is 10.7 Å². The van der Waals surface area contributed by atoms with Crippen LogP contribution in [0.15, 0.2) is 6.07 Å². The average molecular weight is 286 g/mol. The van der Waals surface area contributed by atoms with Crippen molar-refractivity contribution in [3.05, 3.63) is 21.1 Å². The number of β-amino-alcohol motifs (C(OH)–C–C–N with tert-alkyl or cyclic N) is 1. The molecular weight excluding hydrogens is 268 g/mol. The summed E-state index contributed by atoms with van der Waals surface area (Å²) in [6, 6.07) is 1.43. The Hall–Kier alpha value is -1.18. The monoisotopic (exact) mass is 286 g/mol. The molecule has 0 amide bonds. The van der Waals surface area contributed by atoms with Crippen molar-refractivity contribution >= 4 is 22.0 Å². The van der Waals surface area contributed by atoms with Gasteiger partial charge in [0, 0.05) is 24.0 Å². The molecule has 7 heteroatoms. The average Bonchev–Trinajstić information content (AvgIpc) is 2.78. The van der Waals surface area contributed by atoms with Crippen LogP contribution >= 0.6 is 11.3 Å². The predicted molar refractivity (Wildman–Crippen MR) is 73.6 cm³/mol. The van der Waals surface area contributed by atoms with E-state index >= 15 is 0 Å². The first-order chi connectivity index (χ1) is 8.90. The summed E-state index contributed by atoms with van der Waals surface area (Å²) in [7, 11) is 0. The van der Waals surface area contributed by atoms with Crippen LogP contribution < -0.4 is 4.90 Å². The second-order valence-corrected chi connectivity index (χ2v) is 6.11. The van der Waals surface area contributed by atoms with E-state index in [0.29, 0.717) is 23.0 Å². The topological polar surface area (TPSA) is 86.8 Å². The summed E-state index contributed by atoms with van der Waals surface area (Å²) in [6.07, 6.45) is -0.378. The summed E-state index contributed by atoms with van der Waals surface area (Å²) < 4.78 is 0. The summed E-state index contributed by atoms with van der Waals surface area (Å²) >= 11 is 1.23. The molecule has 2 unspecified atom stereocenters. The van der Waals surface area contributed by atoms with E-state index in [1.165, 1.54) is 17.4 Å². The van der Waals surface area contributed by atoms with Crippen molar-refractivity contribution in [2.45, 2.75) is 32.5 Å². The molecule has 0 radical (unpaired) electrons. The highest BCUT2D eigenvalue weighted by Crippen LogP contribution is 2.41. The molecule has 106 valence electrons. The zero-order chi connectivity index (χ0) is 14.2. The molecule has 1 aliphatic heterocycles. The molecule has 2 N–H and O–H groups in total. The van der Waals surface area contributed by atoms with E-state index in [0.717, 1.165) is 6.42 Å². The van der Waals surface area contributed by atoms with Gasteiger partial charge < -0.3 is 15.1 Å². The summed E-state index contributed by atoms with van der Waals surface area (Å²) in [5.74, 6) is 0.214. The van der Waals surface area contributed by atoms with Gasteiger partial charge in [0.2, 0.25) is 0 Å². The Morgan fingerprint density at radius 1 is 1.63 bits per heavy atom. The molecule has 1 saturated heterocycles. The van der Waals surface area contributed by atoms with Crippen LogP contribution in [0.25, 0.3) is 0 Å². The smallest absolute Gasteiger partial charge is 0.304 e. The molecule has 0 aliphatic carbocycles. The molecule has 1 aromatic rings. The van der Waals surface area contributed by atoms with Crippen molar-refractivity contribution in [3.8, 4) is 0 Å². The molecule has 1 aromatic heterocycles. The fraction of sp³-hybridized carbons (Fsp3) is 0.667. The predicted octanol–water partition coefficient (Wildman–Crippen LogP) is 1.92. The van der Waals surface area contributed by atoms with Gasteiger partial charge in [0.25, 0.3) is 0 Å². The van der Waals surface area contributed by atoms with Gasteiger partial charge in [0.05, 0.1) is 17.1 Å². The summed E-state index contributed by atoms with van der Waals surface area (Å²) in [5.41, 5.74) is 0.0163. The van der Waals surface area contributed by atoms with Crippen LogP contribution in [0.3, 0.4) is 0 Å². The molecule has 6 nitrogen and oxygen atoms in total. The fourth-order valence-electron chi connectivity index (χ4n) is 2.19. The van der Waals surface area contributed by atoms with Crippen LogP contribution in [-0.4, -0.2) is 34.3 Å². The molecule has 0 saturated carbocycles. The number of aliphatic hydroxyl groups is 2. The Morgan fingerprint density at radius 3 is 2.84 bits per heavy atom. The number of piperidine rings is 1. The molecule has 19 heavy (non-hydrogen) atoms. The Balaban J connectivity index is 2.30. The molecule has 3 atom stereocenters. The van der Waals surface area contributed by atoms with E-state index in [4.69, 9.17) is 0 Å². The first kappa shape index (κ1) is 14.2. The minimum atomic E-state index is -0.717. The van der Waals surface area contributed by atoms with E-state index in [2.05, 4.69) is 0 Å². The van der Waals surface area contributed by atoms with Crippen LogP contribution in [0.5, 0.6) is 0 Å². The normalized spacial score (nSPS) is 25.4. The maximum absolute atomic E-state index is 11.1. The van der Waals surface area contributed by atoms with Crippen molar-refractivity contribution < 1.29 is 15.1 Å². The number of hydrogen-bond donors (Lipinski definition) is 2. The number of anilines is 1. The molecule has 1 aliphatic rings. The van der Waals surface area contributed by atoms with Gasteiger partial charge in [-0.3, -0.25) is 10.1 Å². The van der Waals surface area contributed by atoms with Crippen LogP contribution in [-0.2, 0) is 0 Å². The Labute approximate surface area is 115 Å². The first-order valence-corrected chi connectivity index (χ1v) is 7.11. The van der Waals surface area contributed by atoms with E-state index in [9.17, 15) is 20.3 Å². The quantitative estimate of drug-likeness (QED) is 0.655. The third kappa shape index (κ3) is 2.88. The maximum Gasteiger partial charge on any atom is 0.304 e. The summed E-state index contributed by atoms with van der Waals surface area (Å²) in [4.78, 5) is 13.1. The van der Waals surface area contributed by atoms with Crippen molar-refractivity contribution in [3.63, 3.8) is 0 Å². The standard InChI is InChI=1S/C12H18N2O4S/c1-7-3-4-13(6-10(7)16)12-9(14(17)18)5-11(19-12)8(2)15/h5,7-8,10,15-16H,3-4,6H2,1-2H3/t7?,8-,10?/m0/s1. The molecule has 0 aromatic carbocycles. The second kappa shape index (κ2) is 5.44. The lowest BCUT2D eigenvalue weighted by atomic mass is 9.96. The molecule has 2 heterocycles. The maximum atomic E-state index is 11.1. The van der Waals surface area contributed by atoms with Gasteiger partial charge in [-0.05, 0) is 19.3 Å². The van der Waals surface area contributed by atoms with Gasteiger partial charge in [0.1, 0.15) is 0 Å². The lowest BCUT2D eigenvalue weighted by molar-refractivity contribution is -0.383. The Bertz CT molecular complexity index is 474. The number of thiophene rings is 1. The lowest BCUT2D eigenvalue weighted by Gasteiger charge is -2.34. The number of rotatable bonds is 3. The Morgan fingerprint density at radius 2 is 2.32 bits per heavy atom. The largest absolute Gasteiger partial charge is 0.391 e. The van der Waals surface area contributed by atoms with Gasteiger partial charge in [-0.1, -0.05) is 6.92 Å². The minimum Gasteiger partial charge on any atom is -0.391 e. The van der Waals surface area contributed by atoms with Gasteiger partial charge in [-0.15, -0.1) is 11.3 Å². The molecule has 1 fully saturated rings. The molecular formula is C12H18N2O4S. The highest BCUT2D eigenvalue weighted by atomic mass is 32.1. The van der Waals surface area contributed by atoms with Crippen molar-refractivity contribution in [2.75, 3.05) is 18.0 Å². The first-order valence-electron chi connectivity index (χ1n) is 6.29. The minimum absolute atomic E-state index is 0.0163. The SMILES string of the molecule is CC1CCN(c2sc([C@H](C)O)cc2[N+](=O)[O-])CC1O. The van der Waals surface area contributed by atoms with Crippen LogP contribution in [0.1, 0.15) is 31.2 Å². The van der Waals surface area contributed by atoms with Crippen molar-refractivity contribution in [2.24, 2.45) is 5.92 Å². The van der Waals surface area contributed by atoms with Crippen molar-refractivity contribution in [1.29, 1.82) is 0 Å². The highest BCUT2D eigenvalue weighted by Gasteiger charge is 2.31. The van der Waals surface area contributed by atoms with Crippen LogP contribution in [0, 0.1) is 16.0 Å². The van der Waals surface area contributed by atoms with Crippen molar-refractivity contribution in [1.82, 2.24) is 0 Å². The highest BCUT2D eigenvalue weighted by molar-refractivity contribution is 7.16. The third-order valence-electron chi connectivity index (χ3n) is 3.53. The van der Waals surface area contributed by atoms with E-state index in [-0.39, 0.29) is 11.6 Å². The second-order valence-electron chi connectivity index (χ2n) is 5.05. The Kier molecular flexibility index (Phi) is 4.07. The van der Waals surface area contributed by atoms with E-state index in [1.807, 2.05) is 11.8 Å². The van der Waals surface area contributed by atoms with Gasteiger partial charge >= 0.3 is 5.69 Å². The zero-order valence-corrected chi connectivity index (χ0v) is 11.8. The number of nitro groups is 1. The third-order valence-corrected chi connectivity index (χ3v) is 4.88. The fourth-order valence-corrected chi connectivity index (χ4v) is 3.28. The van der Waals surface area contributed by atoms with Gasteiger partial charge in [-0.25, -0.2) is 0 Å². The number of aliphatic hydroxyl groups excluding tert-OH is 2. The lowest BCUT2D eigenvalue weighted by Crippen LogP contribution is -2.42. The summed E-state index contributed by atoms with van der Waals surface area (Å²) in [5, 5.41) is 31.1. The molecule has 2 rings (SSSR count). The van der Waals surface area contributed by atoms with Crippen LogP contribution in [0.2, 0.25) is 0 Å². The van der Waals surface area contributed by atoms with E-state index in [1.54, 1.807) is 6.92 Å². The number of hydrogen-bond acceptors (Lipinski definition) is 6. The summed E-state index contributed by atoms with van der Waals surface area (Å²) in [6.45, 7) is 4.67. The van der Waals surface area contributed by atoms with E-state index < -0.39 is 17.1 Å². The molecule has 0 bridgehead atoms. The molecule has 0 spiro atoms. The van der Waals surface area contributed by atoms with Gasteiger partial charge in [0.15, 0.2) is 5.00 Å². The zero-order valence-electron chi connectivity index (χ0n) is 10.9. The van der Waals surface area contributed by atoms with Gasteiger partial charge in [-0.2, -0.15) is 0 Å².